The lowest BCUT2D eigenvalue weighted by atomic mass is 10.0. The van der Waals surface area contributed by atoms with Gasteiger partial charge in [-0.05, 0) is 19.9 Å². The monoisotopic (exact) mass is 182 g/mol. The number of hydrogen-bond donors (Lipinski definition) is 2. The van der Waals surface area contributed by atoms with Crippen molar-refractivity contribution in [1.29, 1.82) is 0 Å². The summed E-state index contributed by atoms with van der Waals surface area (Å²) in [5, 5.41) is 6.89. The molecule has 0 spiro atoms. The first-order valence-corrected chi connectivity index (χ1v) is 4.52. The van der Waals surface area contributed by atoms with E-state index in [1.54, 1.807) is 0 Å². The second kappa shape index (κ2) is 3.43. The van der Waals surface area contributed by atoms with Crippen LogP contribution in [0.2, 0.25) is 0 Å². The zero-order valence-electron chi connectivity index (χ0n) is 7.66. The van der Waals surface area contributed by atoms with Crippen molar-refractivity contribution in [2.75, 3.05) is 13.2 Å². The topological polar surface area (TPSA) is 76.8 Å². The van der Waals surface area contributed by atoms with Crippen LogP contribution in [-0.4, -0.2) is 28.3 Å². The summed E-state index contributed by atoms with van der Waals surface area (Å²) in [5.41, 5.74) is 5.62. The molecule has 0 aliphatic carbocycles. The molecule has 3 N–H and O–H groups in total. The maximum Gasteiger partial charge on any atom is 0.179 e. The van der Waals surface area contributed by atoms with E-state index in [1.807, 2.05) is 6.92 Å². The van der Waals surface area contributed by atoms with Crippen LogP contribution in [0, 0.1) is 12.8 Å². The molecule has 5 nitrogen and oxygen atoms in total. The lowest BCUT2D eigenvalue weighted by Gasteiger charge is -2.12. The molecule has 0 saturated carbocycles. The maximum absolute atomic E-state index is 5.62. The number of ether oxygens (including phenoxy) is 1. The minimum absolute atomic E-state index is 0.00468. The minimum Gasteiger partial charge on any atom is -0.370 e. The summed E-state index contributed by atoms with van der Waals surface area (Å²) in [4.78, 5) is 4.24. The summed E-state index contributed by atoms with van der Waals surface area (Å²) in [6.07, 6.45) is 1.00. The third kappa shape index (κ3) is 1.57. The molecule has 1 fully saturated rings. The van der Waals surface area contributed by atoms with E-state index >= 15 is 0 Å². The van der Waals surface area contributed by atoms with Crippen LogP contribution in [0.3, 0.4) is 0 Å². The molecule has 1 aliphatic rings. The second-order valence-corrected chi connectivity index (χ2v) is 3.35. The van der Waals surface area contributed by atoms with Crippen molar-refractivity contribution in [3.63, 3.8) is 0 Å². The maximum atomic E-state index is 5.62. The van der Waals surface area contributed by atoms with Crippen LogP contribution in [-0.2, 0) is 4.74 Å². The van der Waals surface area contributed by atoms with Crippen LogP contribution >= 0.6 is 0 Å². The van der Waals surface area contributed by atoms with E-state index in [0.29, 0.717) is 12.5 Å². The van der Waals surface area contributed by atoms with E-state index in [-0.39, 0.29) is 6.10 Å². The SMILES string of the molecule is Cc1nc([C@H]2OCC[C@H]2CN)n[nH]1. The van der Waals surface area contributed by atoms with Gasteiger partial charge in [-0.3, -0.25) is 5.10 Å². The van der Waals surface area contributed by atoms with Gasteiger partial charge in [-0.2, -0.15) is 5.10 Å². The lowest BCUT2D eigenvalue weighted by molar-refractivity contribution is 0.0855. The normalized spacial score (nSPS) is 28.2. The number of aryl methyl sites for hydroxylation is 1. The van der Waals surface area contributed by atoms with Crippen LogP contribution in [0.15, 0.2) is 0 Å². The fourth-order valence-electron chi connectivity index (χ4n) is 1.65. The number of rotatable bonds is 2. The van der Waals surface area contributed by atoms with Crippen molar-refractivity contribution in [1.82, 2.24) is 15.2 Å². The number of nitrogens with one attached hydrogen (secondary N) is 1. The molecule has 2 atom stereocenters. The largest absolute Gasteiger partial charge is 0.370 e. The summed E-state index contributed by atoms with van der Waals surface area (Å²) in [5.74, 6) is 1.93. The van der Waals surface area contributed by atoms with Gasteiger partial charge in [0.15, 0.2) is 5.82 Å². The summed E-state index contributed by atoms with van der Waals surface area (Å²) in [7, 11) is 0. The first-order chi connectivity index (χ1) is 6.31. The van der Waals surface area contributed by atoms with E-state index in [2.05, 4.69) is 15.2 Å². The molecule has 0 amide bonds. The van der Waals surface area contributed by atoms with Gasteiger partial charge in [-0.15, -0.1) is 0 Å². The van der Waals surface area contributed by atoms with Crippen molar-refractivity contribution in [2.45, 2.75) is 19.4 Å². The summed E-state index contributed by atoms with van der Waals surface area (Å²) in [6.45, 7) is 3.28. The molecule has 1 aromatic heterocycles. The highest BCUT2D eigenvalue weighted by Crippen LogP contribution is 2.31. The van der Waals surface area contributed by atoms with Gasteiger partial charge in [-0.1, -0.05) is 0 Å². The molecule has 1 saturated heterocycles. The van der Waals surface area contributed by atoms with Gasteiger partial charge in [0, 0.05) is 12.5 Å². The highest BCUT2D eigenvalue weighted by atomic mass is 16.5. The molecule has 2 rings (SSSR count). The Morgan fingerprint density at radius 1 is 1.69 bits per heavy atom. The van der Waals surface area contributed by atoms with Crippen molar-refractivity contribution in [3.8, 4) is 0 Å². The summed E-state index contributed by atoms with van der Waals surface area (Å²) in [6, 6.07) is 0. The Bertz CT molecular complexity index is 285. The average Bonchev–Trinajstić information content (AvgIpc) is 2.71. The molecule has 0 bridgehead atoms. The van der Waals surface area contributed by atoms with Crippen LogP contribution in [0.4, 0.5) is 0 Å². The second-order valence-electron chi connectivity index (χ2n) is 3.35. The quantitative estimate of drug-likeness (QED) is 0.682. The van der Waals surface area contributed by atoms with Crippen molar-refractivity contribution in [3.05, 3.63) is 11.6 Å². The number of aromatic amines is 1. The highest BCUT2D eigenvalue weighted by Gasteiger charge is 2.31. The van der Waals surface area contributed by atoms with Gasteiger partial charge in [0.05, 0.1) is 0 Å². The number of aromatic nitrogens is 3. The van der Waals surface area contributed by atoms with Crippen LogP contribution in [0.25, 0.3) is 0 Å². The molecular formula is C8H14N4O. The Morgan fingerprint density at radius 3 is 3.15 bits per heavy atom. The van der Waals surface area contributed by atoms with Crippen LogP contribution in [0.5, 0.6) is 0 Å². The van der Waals surface area contributed by atoms with E-state index in [9.17, 15) is 0 Å². The van der Waals surface area contributed by atoms with E-state index in [1.165, 1.54) is 0 Å². The van der Waals surface area contributed by atoms with E-state index < -0.39 is 0 Å². The van der Waals surface area contributed by atoms with Gasteiger partial charge in [0.1, 0.15) is 11.9 Å². The van der Waals surface area contributed by atoms with E-state index in [0.717, 1.165) is 24.7 Å². The fourth-order valence-corrected chi connectivity index (χ4v) is 1.65. The highest BCUT2D eigenvalue weighted by molar-refractivity contribution is 4.97. The smallest absolute Gasteiger partial charge is 0.179 e. The molecule has 72 valence electrons. The standard InChI is InChI=1S/C8H14N4O/c1-5-10-8(12-11-5)7-6(4-9)2-3-13-7/h6-7H,2-4,9H2,1H3,(H,10,11,12)/t6-,7-/m0/s1. The molecule has 0 unspecified atom stereocenters. The lowest BCUT2D eigenvalue weighted by Crippen LogP contribution is -2.18. The number of H-pyrrole nitrogens is 1. The van der Waals surface area contributed by atoms with Gasteiger partial charge in [0.25, 0.3) is 0 Å². The molecule has 5 heteroatoms. The molecule has 0 radical (unpaired) electrons. The average molecular weight is 182 g/mol. The number of nitrogens with zero attached hydrogens (tertiary/aromatic N) is 2. The third-order valence-electron chi connectivity index (χ3n) is 2.39. The molecule has 1 aliphatic heterocycles. The first kappa shape index (κ1) is 8.65. The zero-order chi connectivity index (χ0) is 9.26. The Balaban J connectivity index is 2.15. The van der Waals surface area contributed by atoms with Gasteiger partial charge in [0.2, 0.25) is 0 Å². The Morgan fingerprint density at radius 2 is 2.54 bits per heavy atom. The predicted molar refractivity (Wildman–Crippen MR) is 47.0 cm³/mol. The Labute approximate surface area is 76.7 Å². The predicted octanol–water partition coefficient (Wildman–Crippen LogP) is 0.149. The van der Waals surface area contributed by atoms with E-state index in [4.69, 9.17) is 10.5 Å². The van der Waals surface area contributed by atoms with Crippen LogP contribution in [0.1, 0.15) is 24.2 Å². The Hall–Kier alpha value is -0.940. The molecule has 13 heavy (non-hydrogen) atoms. The third-order valence-corrected chi connectivity index (χ3v) is 2.39. The molecule has 0 aromatic carbocycles. The zero-order valence-corrected chi connectivity index (χ0v) is 7.66. The number of nitrogens with two attached hydrogens (primary N) is 1. The molecule has 2 heterocycles. The minimum atomic E-state index is -0.00468. The Kier molecular flexibility index (Phi) is 2.28. The van der Waals surface area contributed by atoms with Gasteiger partial charge < -0.3 is 10.5 Å². The fraction of sp³-hybridized carbons (Fsp3) is 0.750. The van der Waals surface area contributed by atoms with Crippen molar-refractivity contribution >= 4 is 0 Å². The van der Waals surface area contributed by atoms with Crippen molar-refractivity contribution < 1.29 is 4.74 Å². The number of hydrogen-bond acceptors (Lipinski definition) is 4. The van der Waals surface area contributed by atoms with Crippen LogP contribution < -0.4 is 5.73 Å². The van der Waals surface area contributed by atoms with Gasteiger partial charge in [-0.25, -0.2) is 4.98 Å². The first-order valence-electron chi connectivity index (χ1n) is 4.52. The molecular weight excluding hydrogens is 168 g/mol. The molecule has 1 aromatic rings. The van der Waals surface area contributed by atoms with Gasteiger partial charge >= 0.3 is 0 Å². The summed E-state index contributed by atoms with van der Waals surface area (Å²) < 4.78 is 5.53. The summed E-state index contributed by atoms with van der Waals surface area (Å²) >= 11 is 0. The van der Waals surface area contributed by atoms with Crippen molar-refractivity contribution in [2.24, 2.45) is 11.7 Å².